The summed E-state index contributed by atoms with van der Waals surface area (Å²) >= 11 is 0. The van der Waals surface area contributed by atoms with Gasteiger partial charge in [0.05, 0.1) is 0 Å². The van der Waals surface area contributed by atoms with Crippen LogP contribution >= 0.6 is 0 Å². The predicted octanol–water partition coefficient (Wildman–Crippen LogP) is 3.47. The Morgan fingerprint density at radius 1 is 1.14 bits per heavy atom. The molecule has 1 aliphatic carbocycles. The van der Waals surface area contributed by atoms with Gasteiger partial charge in [-0.2, -0.15) is 0 Å². The molecular formula is C19H30N2. The fourth-order valence-corrected chi connectivity index (χ4v) is 3.62. The third kappa shape index (κ3) is 4.55. The molecule has 3 rings (SSSR count). The minimum atomic E-state index is 0.704. The maximum atomic E-state index is 3.68. The van der Waals surface area contributed by atoms with Crippen molar-refractivity contribution >= 4 is 0 Å². The molecule has 0 amide bonds. The van der Waals surface area contributed by atoms with Crippen LogP contribution in [0.25, 0.3) is 0 Å². The lowest BCUT2D eigenvalue weighted by Gasteiger charge is -2.33. The summed E-state index contributed by atoms with van der Waals surface area (Å²) in [6.07, 6.45) is 8.10. The van der Waals surface area contributed by atoms with Crippen LogP contribution < -0.4 is 5.32 Å². The Kier molecular flexibility index (Phi) is 5.32. The van der Waals surface area contributed by atoms with Crippen molar-refractivity contribution in [2.45, 2.75) is 57.5 Å². The summed E-state index contributed by atoms with van der Waals surface area (Å²) in [6, 6.07) is 12.5. The number of hydrogen-bond acceptors (Lipinski definition) is 2. The third-order valence-electron chi connectivity index (χ3n) is 5.11. The maximum Gasteiger partial charge on any atom is 0.0195 e. The molecule has 1 heterocycles. The van der Waals surface area contributed by atoms with Gasteiger partial charge in [-0.25, -0.2) is 0 Å². The smallest absolute Gasteiger partial charge is 0.0195 e. The summed E-state index contributed by atoms with van der Waals surface area (Å²) in [5.41, 5.74) is 1.49. The largest absolute Gasteiger partial charge is 0.313 e. The lowest BCUT2D eigenvalue weighted by atomic mass is 10.0. The van der Waals surface area contributed by atoms with Gasteiger partial charge in [-0.1, -0.05) is 37.3 Å². The van der Waals surface area contributed by atoms with Gasteiger partial charge in [0.15, 0.2) is 0 Å². The summed E-state index contributed by atoms with van der Waals surface area (Å²) in [5, 5.41) is 3.68. The van der Waals surface area contributed by atoms with Crippen LogP contribution in [0.3, 0.4) is 0 Å². The number of nitrogens with one attached hydrogen (secondary N) is 1. The van der Waals surface area contributed by atoms with Crippen LogP contribution in [0.15, 0.2) is 30.3 Å². The lowest BCUT2D eigenvalue weighted by molar-refractivity contribution is 0.166. The molecule has 1 saturated heterocycles. The van der Waals surface area contributed by atoms with Gasteiger partial charge in [0.2, 0.25) is 0 Å². The van der Waals surface area contributed by atoms with E-state index in [0.717, 1.165) is 12.0 Å². The quantitative estimate of drug-likeness (QED) is 0.787. The van der Waals surface area contributed by atoms with Gasteiger partial charge >= 0.3 is 0 Å². The van der Waals surface area contributed by atoms with Crippen LogP contribution in [0.2, 0.25) is 0 Å². The molecule has 0 aromatic heterocycles. The van der Waals surface area contributed by atoms with E-state index in [4.69, 9.17) is 0 Å². The summed E-state index contributed by atoms with van der Waals surface area (Å²) < 4.78 is 0. The van der Waals surface area contributed by atoms with Gasteiger partial charge in [0.1, 0.15) is 0 Å². The van der Waals surface area contributed by atoms with E-state index in [1.54, 1.807) is 0 Å². The first kappa shape index (κ1) is 15.1. The van der Waals surface area contributed by atoms with Crippen LogP contribution in [0, 0.1) is 5.92 Å². The Morgan fingerprint density at radius 2 is 1.95 bits per heavy atom. The SMILES string of the molecule is CCC(Cc1ccccc1)N(CC1CC1)CC1CCCN1. The Labute approximate surface area is 129 Å². The highest BCUT2D eigenvalue weighted by Gasteiger charge is 2.29. The summed E-state index contributed by atoms with van der Waals surface area (Å²) in [7, 11) is 0. The van der Waals surface area contributed by atoms with Gasteiger partial charge in [-0.3, -0.25) is 4.90 Å². The summed E-state index contributed by atoms with van der Waals surface area (Å²) in [5.74, 6) is 0.983. The lowest BCUT2D eigenvalue weighted by Crippen LogP contribution is -2.45. The first-order valence-corrected chi connectivity index (χ1v) is 8.86. The Morgan fingerprint density at radius 3 is 2.57 bits per heavy atom. The molecule has 116 valence electrons. The second kappa shape index (κ2) is 7.42. The van der Waals surface area contributed by atoms with E-state index in [1.807, 2.05) is 0 Å². The van der Waals surface area contributed by atoms with Crippen LogP contribution in [-0.4, -0.2) is 36.6 Å². The average Bonchev–Trinajstić information content (AvgIpc) is 3.18. The van der Waals surface area contributed by atoms with E-state index in [2.05, 4.69) is 47.5 Å². The fourth-order valence-electron chi connectivity index (χ4n) is 3.62. The zero-order chi connectivity index (χ0) is 14.5. The molecule has 2 unspecified atom stereocenters. The maximum absolute atomic E-state index is 3.68. The molecule has 0 radical (unpaired) electrons. The van der Waals surface area contributed by atoms with Crippen molar-refractivity contribution in [2.75, 3.05) is 19.6 Å². The molecule has 2 aliphatic rings. The number of hydrogen-bond donors (Lipinski definition) is 1. The Bertz CT molecular complexity index is 407. The van der Waals surface area contributed by atoms with E-state index >= 15 is 0 Å². The first-order chi connectivity index (χ1) is 10.3. The summed E-state index contributed by atoms with van der Waals surface area (Å²) in [4.78, 5) is 2.80. The molecule has 1 N–H and O–H groups in total. The number of nitrogens with zero attached hydrogens (tertiary/aromatic N) is 1. The van der Waals surface area contributed by atoms with Gasteiger partial charge < -0.3 is 5.32 Å². The second-order valence-electron chi connectivity index (χ2n) is 6.94. The molecule has 2 fully saturated rings. The van der Waals surface area contributed by atoms with E-state index in [-0.39, 0.29) is 0 Å². The van der Waals surface area contributed by atoms with Crippen LogP contribution in [-0.2, 0) is 6.42 Å². The normalized spacial score (nSPS) is 23.6. The fraction of sp³-hybridized carbons (Fsp3) is 0.684. The zero-order valence-corrected chi connectivity index (χ0v) is 13.4. The molecule has 2 nitrogen and oxygen atoms in total. The minimum absolute atomic E-state index is 0.704. The number of benzene rings is 1. The van der Waals surface area contributed by atoms with E-state index < -0.39 is 0 Å². The highest BCUT2D eigenvalue weighted by Crippen LogP contribution is 2.31. The Balaban J connectivity index is 1.62. The van der Waals surface area contributed by atoms with Crippen molar-refractivity contribution in [1.29, 1.82) is 0 Å². The highest BCUT2D eigenvalue weighted by molar-refractivity contribution is 5.16. The van der Waals surface area contributed by atoms with Gasteiger partial charge in [-0.15, -0.1) is 0 Å². The van der Waals surface area contributed by atoms with Crippen molar-refractivity contribution in [1.82, 2.24) is 10.2 Å². The molecule has 1 aromatic rings. The van der Waals surface area contributed by atoms with E-state index in [1.165, 1.54) is 63.7 Å². The van der Waals surface area contributed by atoms with E-state index in [9.17, 15) is 0 Å². The Hall–Kier alpha value is -0.860. The molecular weight excluding hydrogens is 256 g/mol. The standard InChI is InChI=1S/C19H30N2/c1-2-19(13-16-7-4-3-5-8-16)21(14-17-10-11-17)15-18-9-6-12-20-18/h3-5,7-8,17-20H,2,6,9-15H2,1H3. The predicted molar refractivity (Wildman–Crippen MR) is 89.5 cm³/mol. The van der Waals surface area contributed by atoms with Gasteiger partial charge in [-0.05, 0) is 56.6 Å². The minimum Gasteiger partial charge on any atom is -0.313 e. The summed E-state index contributed by atoms with van der Waals surface area (Å²) in [6.45, 7) is 6.15. The first-order valence-electron chi connectivity index (χ1n) is 8.86. The molecule has 21 heavy (non-hydrogen) atoms. The monoisotopic (exact) mass is 286 g/mol. The van der Waals surface area contributed by atoms with E-state index in [0.29, 0.717) is 6.04 Å². The van der Waals surface area contributed by atoms with Gasteiger partial charge in [0.25, 0.3) is 0 Å². The van der Waals surface area contributed by atoms with Crippen LogP contribution in [0.5, 0.6) is 0 Å². The third-order valence-corrected chi connectivity index (χ3v) is 5.11. The van der Waals surface area contributed by atoms with Crippen molar-refractivity contribution < 1.29 is 0 Å². The van der Waals surface area contributed by atoms with Crippen LogP contribution in [0.1, 0.15) is 44.6 Å². The molecule has 0 bridgehead atoms. The van der Waals surface area contributed by atoms with Crippen molar-refractivity contribution in [3.63, 3.8) is 0 Å². The van der Waals surface area contributed by atoms with Crippen molar-refractivity contribution in [2.24, 2.45) is 5.92 Å². The molecule has 1 aromatic carbocycles. The second-order valence-corrected chi connectivity index (χ2v) is 6.94. The molecule has 1 aliphatic heterocycles. The van der Waals surface area contributed by atoms with Gasteiger partial charge in [0, 0.05) is 25.2 Å². The molecule has 2 atom stereocenters. The van der Waals surface area contributed by atoms with Crippen LogP contribution in [0.4, 0.5) is 0 Å². The molecule has 1 saturated carbocycles. The zero-order valence-electron chi connectivity index (χ0n) is 13.4. The van der Waals surface area contributed by atoms with Crippen molar-refractivity contribution in [3.8, 4) is 0 Å². The van der Waals surface area contributed by atoms with Crippen molar-refractivity contribution in [3.05, 3.63) is 35.9 Å². The topological polar surface area (TPSA) is 15.3 Å². The highest BCUT2D eigenvalue weighted by atomic mass is 15.2. The molecule has 0 spiro atoms. The number of rotatable bonds is 8. The average molecular weight is 286 g/mol. The molecule has 2 heteroatoms.